The molecule has 2 aliphatic rings. The second-order valence-corrected chi connectivity index (χ2v) is 11.3. The smallest absolute Gasteiger partial charge is 0.367 e. The number of carbonyl (C=O) groups is 1. The average Bonchev–Trinajstić information content (AvgIpc) is 3.39. The van der Waals surface area contributed by atoms with Crippen molar-refractivity contribution in [1.29, 1.82) is 0 Å². The second kappa shape index (κ2) is 12.3. The molecule has 0 atom stereocenters. The van der Waals surface area contributed by atoms with Gasteiger partial charge in [-0.15, -0.1) is 0 Å². The quantitative estimate of drug-likeness (QED) is 0.263. The van der Waals surface area contributed by atoms with Gasteiger partial charge in [0.25, 0.3) is 0 Å². The molecular formula is C27H30Cl2F3N7O. The summed E-state index contributed by atoms with van der Waals surface area (Å²) in [6.07, 6.45) is 4.59. The molecule has 3 N–H and O–H groups in total. The summed E-state index contributed by atoms with van der Waals surface area (Å²) < 4.78 is 40.2. The minimum absolute atomic E-state index is 0.0150. The molecule has 5 rings (SSSR count). The fourth-order valence-electron chi connectivity index (χ4n) is 5.35. The lowest BCUT2D eigenvalue weighted by atomic mass is 9.83. The third-order valence-corrected chi connectivity index (χ3v) is 7.92. The van der Waals surface area contributed by atoms with Crippen molar-refractivity contribution in [2.24, 2.45) is 5.92 Å². The van der Waals surface area contributed by atoms with Gasteiger partial charge in [0.05, 0.1) is 12.2 Å². The van der Waals surface area contributed by atoms with Crippen LogP contribution in [-0.2, 0) is 4.79 Å². The number of benzene rings is 1. The molecule has 0 amide bonds. The lowest BCUT2D eigenvalue weighted by molar-refractivity contribution is -0.172. The summed E-state index contributed by atoms with van der Waals surface area (Å²) in [5.74, 6) is -1.00. The van der Waals surface area contributed by atoms with Gasteiger partial charge in [0.15, 0.2) is 0 Å². The van der Waals surface area contributed by atoms with Crippen molar-refractivity contribution < 1.29 is 18.0 Å². The Morgan fingerprint density at radius 2 is 1.73 bits per heavy atom. The van der Waals surface area contributed by atoms with Crippen molar-refractivity contribution in [2.45, 2.75) is 63.2 Å². The number of carbonyl (C=O) groups excluding carboxylic acids is 1. The van der Waals surface area contributed by atoms with Gasteiger partial charge in [-0.05, 0) is 75.7 Å². The minimum atomic E-state index is -4.78. The predicted octanol–water partition coefficient (Wildman–Crippen LogP) is 6.81. The van der Waals surface area contributed by atoms with Gasteiger partial charge in [0, 0.05) is 51.7 Å². The Kier molecular flexibility index (Phi) is 8.82. The van der Waals surface area contributed by atoms with Gasteiger partial charge >= 0.3 is 6.18 Å². The molecule has 1 aliphatic heterocycles. The molecular weight excluding hydrogens is 566 g/mol. The molecule has 3 aromatic rings. The standard InChI is InChI=1S/C27H30Cl2F3N7O/c28-18-10-19(29)12-21(11-18)37-26-34-14-23(17-13-35-39(15-17)22-5-7-33-8-6-22)25(38-26)36-20-3-1-16(2-4-20)9-24(40)27(30,31)32/h10-16,20,22,33H,1-9H2,(H2,34,36,37,38). The molecule has 0 bridgehead atoms. The summed E-state index contributed by atoms with van der Waals surface area (Å²) in [4.78, 5) is 20.7. The molecule has 0 spiro atoms. The van der Waals surface area contributed by atoms with Crippen LogP contribution in [0.4, 0.5) is 30.6 Å². The maximum absolute atomic E-state index is 12.7. The number of anilines is 3. The van der Waals surface area contributed by atoms with Crippen molar-refractivity contribution in [3.63, 3.8) is 0 Å². The fraction of sp³-hybridized carbons (Fsp3) is 0.481. The highest BCUT2D eigenvalue weighted by molar-refractivity contribution is 6.35. The van der Waals surface area contributed by atoms with Crippen LogP contribution in [-0.4, -0.2) is 50.8 Å². The Morgan fingerprint density at radius 3 is 2.40 bits per heavy atom. The number of halogens is 5. The minimum Gasteiger partial charge on any atom is -0.367 e. The fourth-order valence-corrected chi connectivity index (χ4v) is 5.87. The highest BCUT2D eigenvalue weighted by atomic mass is 35.5. The lowest BCUT2D eigenvalue weighted by Gasteiger charge is -2.29. The van der Waals surface area contributed by atoms with Gasteiger partial charge in [-0.25, -0.2) is 4.98 Å². The van der Waals surface area contributed by atoms with Gasteiger partial charge in [-0.2, -0.15) is 23.3 Å². The highest BCUT2D eigenvalue weighted by Gasteiger charge is 2.39. The molecule has 214 valence electrons. The molecule has 8 nitrogen and oxygen atoms in total. The number of nitrogens with one attached hydrogen (secondary N) is 3. The summed E-state index contributed by atoms with van der Waals surface area (Å²) in [5.41, 5.74) is 2.26. The number of rotatable bonds is 8. The number of hydrogen-bond donors (Lipinski definition) is 3. The summed E-state index contributed by atoms with van der Waals surface area (Å²) >= 11 is 12.3. The third-order valence-electron chi connectivity index (χ3n) is 7.48. The van der Waals surface area contributed by atoms with Crippen LogP contribution in [0.15, 0.2) is 36.8 Å². The van der Waals surface area contributed by atoms with Crippen LogP contribution >= 0.6 is 23.2 Å². The Morgan fingerprint density at radius 1 is 1.02 bits per heavy atom. The van der Waals surface area contributed by atoms with Crippen molar-refractivity contribution in [2.75, 3.05) is 23.7 Å². The Hall–Kier alpha value is -2.89. The first-order valence-electron chi connectivity index (χ1n) is 13.4. The normalized spacial score (nSPS) is 20.3. The van der Waals surface area contributed by atoms with E-state index in [9.17, 15) is 18.0 Å². The molecule has 1 saturated carbocycles. The zero-order valence-electron chi connectivity index (χ0n) is 21.6. The first-order valence-corrected chi connectivity index (χ1v) is 14.1. The molecule has 1 aromatic carbocycles. The van der Waals surface area contributed by atoms with Crippen LogP contribution < -0.4 is 16.0 Å². The molecule has 2 aromatic heterocycles. The SMILES string of the molecule is O=C(CC1CCC(Nc2nc(Nc3cc(Cl)cc(Cl)c3)ncc2-c2cnn(C3CCNCC3)c2)CC1)C(F)(F)F. The van der Waals surface area contributed by atoms with Crippen molar-refractivity contribution in [3.8, 4) is 11.1 Å². The number of hydrogen-bond acceptors (Lipinski definition) is 7. The number of alkyl halides is 3. The first-order chi connectivity index (χ1) is 19.1. The summed E-state index contributed by atoms with van der Waals surface area (Å²) in [6, 6.07) is 5.35. The van der Waals surface area contributed by atoms with E-state index in [0.717, 1.165) is 37.1 Å². The predicted molar refractivity (Wildman–Crippen MR) is 149 cm³/mol. The zero-order chi connectivity index (χ0) is 28.3. The van der Waals surface area contributed by atoms with Crippen molar-refractivity contribution >= 4 is 46.4 Å². The van der Waals surface area contributed by atoms with Gasteiger partial charge in [0.1, 0.15) is 5.82 Å². The Balaban J connectivity index is 1.35. The van der Waals surface area contributed by atoms with E-state index in [1.54, 1.807) is 30.6 Å². The first kappa shape index (κ1) is 28.6. The summed E-state index contributed by atoms with van der Waals surface area (Å²) in [5, 5.41) is 15.5. The Bertz CT molecular complexity index is 1320. The maximum Gasteiger partial charge on any atom is 0.449 e. The van der Waals surface area contributed by atoms with E-state index in [1.807, 2.05) is 10.9 Å². The van der Waals surface area contributed by atoms with Crippen LogP contribution in [0, 0.1) is 5.92 Å². The lowest BCUT2D eigenvalue weighted by Crippen LogP contribution is -2.30. The molecule has 40 heavy (non-hydrogen) atoms. The van der Waals surface area contributed by atoms with Gasteiger partial charge < -0.3 is 16.0 Å². The Labute approximate surface area is 240 Å². The van der Waals surface area contributed by atoms with Crippen LogP contribution in [0.25, 0.3) is 11.1 Å². The molecule has 0 radical (unpaired) electrons. The third kappa shape index (κ3) is 7.24. The number of aromatic nitrogens is 4. The molecule has 2 fully saturated rings. The van der Waals surface area contributed by atoms with Crippen LogP contribution in [0.5, 0.6) is 0 Å². The number of nitrogens with zero attached hydrogens (tertiary/aromatic N) is 4. The molecule has 0 unspecified atom stereocenters. The maximum atomic E-state index is 12.7. The molecule has 1 saturated heterocycles. The summed E-state index contributed by atoms with van der Waals surface area (Å²) in [7, 11) is 0. The zero-order valence-corrected chi connectivity index (χ0v) is 23.2. The molecule has 1 aliphatic carbocycles. The van der Waals surface area contributed by atoms with E-state index < -0.39 is 18.4 Å². The van der Waals surface area contributed by atoms with Crippen LogP contribution in [0.1, 0.15) is 51.0 Å². The highest BCUT2D eigenvalue weighted by Crippen LogP contribution is 2.35. The second-order valence-electron chi connectivity index (χ2n) is 10.4. The number of ketones is 1. The average molecular weight is 596 g/mol. The van der Waals surface area contributed by atoms with Crippen LogP contribution in [0.3, 0.4) is 0 Å². The number of Topliss-reactive ketones (excluding diaryl/α,β-unsaturated/α-hetero) is 1. The van der Waals surface area contributed by atoms with Crippen molar-refractivity contribution in [1.82, 2.24) is 25.1 Å². The van der Waals surface area contributed by atoms with Gasteiger partial charge in [-0.3, -0.25) is 9.48 Å². The topological polar surface area (TPSA) is 96.8 Å². The van der Waals surface area contributed by atoms with E-state index in [4.69, 9.17) is 28.2 Å². The van der Waals surface area contributed by atoms with Crippen LogP contribution in [0.2, 0.25) is 10.0 Å². The monoisotopic (exact) mass is 595 g/mol. The van der Waals surface area contributed by atoms with E-state index in [-0.39, 0.29) is 12.0 Å². The van der Waals surface area contributed by atoms with E-state index in [1.165, 1.54) is 0 Å². The van der Waals surface area contributed by atoms with E-state index in [2.05, 4.69) is 26.0 Å². The molecule has 3 heterocycles. The van der Waals surface area contributed by atoms with Gasteiger partial charge in [-0.1, -0.05) is 23.2 Å². The largest absolute Gasteiger partial charge is 0.449 e. The van der Waals surface area contributed by atoms with E-state index >= 15 is 0 Å². The molecule has 13 heteroatoms. The number of piperidine rings is 1. The van der Waals surface area contributed by atoms with Crippen molar-refractivity contribution in [3.05, 3.63) is 46.8 Å². The van der Waals surface area contributed by atoms with Gasteiger partial charge in [0.2, 0.25) is 11.7 Å². The summed E-state index contributed by atoms with van der Waals surface area (Å²) in [6.45, 7) is 1.89. The van der Waals surface area contributed by atoms with E-state index in [0.29, 0.717) is 59.2 Å².